The number of benzene rings is 3. The second-order valence-electron chi connectivity index (χ2n) is 6.82. The van der Waals surface area contributed by atoms with E-state index in [1.54, 1.807) is 48.5 Å². The van der Waals surface area contributed by atoms with Crippen LogP contribution < -0.4 is 15.4 Å². The molecule has 0 spiro atoms. The average Bonchev–Trinajstić information content (AvgIpc) is 2.73. The second-order valence-corrected chi connectivity index (χ2v) is 8.51. The van der Waals surface area contributed by atoms with Gasteiger partial charge < -0.3 is 10.6 Å². The Labute approximate surface area is 170 Å². The third kappa shape index (κ3) is 4.01. The van der Waals surface area contributed by atoms with Gasteiger partial charge in [-0.3, -0.25) is 4.79 Å². The number of anilines is 2. The van der Waals surface area contributed by atoms with Crippen LogP contribution in [0.4, 0.5) is 11.4 Å². The molecule has 1 aliphatic heterocycles. The van der Waals surface area contributed by atoms with Gasteiger partial charge in [0.25, 0.3) is 5.91 Å². The van der Waals surface area contributed by atoms with Gasteiger partial charge in [0.15, 0.2) is 0 Å². The molecule has 0 aliphatic carbocycles. The van der Waals surface area contributed by atoms with Gasteiger partial charge in [0.2, 0.25) is 10.0 Å². The second kappa shape index (κ2) is 7.69. The van der Waals surface area contributed by atoms with Crippen LogP contribution in [0.1, 0.15) is 34.6 Å². The van der Waals surface area contributed by atoms with Crippen LogP contribution in [0.25, 0.3) is 0 Å². The van der Waals surface area contributed by atoms with Crippen LogP contribution in [0.3, 0.4) is 0 Å². The molecule has 0 saturated carbocycles. The predicted molar refractivity (Wildman–Crippen MR) is 113 cm³/mol. The molecule has 0 fully saturated rings. The van der Waals surface area contributed by atoms with Crippen molar-refractivity contribution >= 4 is 27.3 Å². The van der Waals surface area contributed by atoms with E-state index < -0.39 is 16.2 Å². The normalized spacial score (nSPS) is 17.1. The summed E-state index contributed by atoms with van der Waals surface area (Å²) in [4.78, 5) is 12.8. The minimum Gasteiger partial charge on any atom is -0.364 e. The first-order valence-electron chi connectivity index (χ1n) is 9.34. The quantitative estimate of drug-likeness (QED) is 0.612. The molecule has 1 atom stereocenters. The molecule has 3 N–H and O–H groups in total. The first-order chi connectivity index (χ1) is 14.0. The first kappa shape index (κ1) is 19.2. The minimum absolute atomic E-state index is 0.215. The van der Waals surface area contributed by atoms with Crippen LogP contribution in [-0.2, 0) is 16.4 Å². The largest absolute Gasteiger partial charge is 0.364 e. The Hall–Kier alpha value is -3.16. The van der Waals surface area contributed by atoms with Crippen molar-refractivity contribution in [1.82, 2.24) is 4.72 Å². The van der Waals surface area contributed by atoms with Crippen LogP contribution in [-0.4, -0.2) is 14.3 Å². The summed E-state index contributed by atoms with van der Waals surface area (Å²) in [5.74, 6) is -0.215. The van der Waals surface area contributed by atoms with Gasteiger partial charge in [0.1, 0.15) is 11.1 Å². The number of hydrogen-bond donors (Lipinski definition) is 3. The monoisotopic (exact) mass is 407 g/mol. The van der Waals surface area contributed by atoms with E-state index in [0.29, 0.717) is 16.8 Å². The van der Waals surface area contributed by atoms with Crippen molar-refractivity contribution in [1.29, 1.82) is 0 Å². The highest BCUT2D eigenvalue weighted by Crippen LogP contribution is 2.30. The van der Waals surface area contributed by atoms with E-state index in [4.69, 9.17) is 0 Å². The van der Waals surface area contributed by atoms with E-state index >= 15 is 0 Å². The van der Waals surface area contributed by atoms with Crippen molar-refractivity contribution < 1.29 is 13.2 Å². The molecule has 0 aromatic heterocycles. The van der Waals surface area contributed by atoms with Gasteiger partial charge in [-0.15, -0.1) is 0 Å². The molecule has 0 radical (unpaired) electrons. The number of nitrogens with one attached hydrogen (secondary N) is 3. The topological polar surface area (TPSA) is 87.3 Å². The summed E-state index contributed by atoms with van der Waals surface area (Å²) in [6, 6.07) is 21.3. The summed E-state index contributed by atoms with van der Waals surface area (Å²) in [5.41, 5.74) is 3.65. The SMILES string of the molecule is CCc1cccc(NC(=O)c2ccc(C3Nc4ccccc4S(=O)(=O)N3)cc2)c1. The number of aryl methyl sites for hydroxylation is 1. The number of amides is 1. The van der Waals surface area contributed by atoms with Crippen LogP contribution in [0.5, 0.6) is 0 Å². The van der Waals surface area contributed by atoms with Gasteiger partial charge in [-0.2, -0.15) is 4.72 Å². The summed E-state index contributed by atoms with van der Waals surface area (Å²) in [7, 11) is -3.60. The Morgan fingerprint density at radius 1 is 1.00 bits per heavy atom. The Bertz CT molecular complexity index is 1160. The van der Waals surface area contributed by atoms with Crippen LogP contribution in [0.15, 0.2) is 77.7 Å². The van der Waals surface area contributed by atoms with Crippen molar-refractivity contribution in [3.05, 3.63) is 89.5 Å². The van der Waals surface area contributed by atoms with Crippen molar-refractivity contribution in [2.75, 3.05) is 10.6 Å². The molecule has 1 heterocycles. The van der Waals surface area contributed by atoms with Gasteiger partial charge in [-0.05, 0) is 53.9 Å². The lowest BCUT2D eigenvalue weighted by Gasteiger charge is -2.28. The van der Waals surface area contributed by atoms with Crippen molar-refractivity contribution in [2.24, 2.45) is 0 Å². The molecule has 0 saturated heterocycles. The molecular formula is C22H21N3O3S. The number of carbonyl (C=O) groups excluding carboxylic acids is 1. The third-order valence-corrected chi connectivity index (χ3v) is 6.33. The smallest absolute Gasteiger partial charge is 0.255 e. The fourth-order valence-corrected chi connectivity index (χ4v) is 4.58. The molecule has 29 heavy (non-hydrogen) atoms. The molecular weight excluding hydrogens is 386 g/mol. The van der Waals surface area contributed by atoms with Crippen LogP contribution in [0, 0.1) is 0 Å². The minimum atomic E-state index is -3.60. The maximum absolute atomic E-state index is 12.5. The van der Waals surface area contributed by atoms with Gasteiger partial charge in [0, 0.05) is 11.3 Å². The third-order valence-electron chi connectivity index (χ3n) is 4.85. The summed E-state index contributed by atoms with van der Waals surface area (Å²) in [6.07, 6.45) is 0.291. The van der Waals surface area contributed by atoms with E-state index in [2.05, 4.69) is 22.3 Å². The molecule has 1 aliphatic rings. The van der Waals surface area contributed by atoms with Crippen molar-refractivity contribution in [2.45, 2.75) is 24.4 Å². The zero-order valence-corrected chi connectivity index (χ0v) is 16.7. The number of fused-ring (bicyclic) bond motifs is 1. The molecule has 0 bridgehead atoms. The Kier molecular flexibility index (Phi) is 5.08. The first-order valence-corrected chi connectivity index (χ1v) is 10.8. The van der Waals surface area contributed by atoms with Crippen molar-refractivity contribution in [3.63, 3.8) is 0 Å². The molecule has 3 aromatic rings. The lowest BCUT2D eigenvalue weighted by atomic mass is 10.1. The summed E-state index contributed by atoms with van der Waals surface area (Å²) >= 11 is 0. The highest BCUT2D eigenvalue weighted by Gasteiger charge is 2.29. The highest BCUT2D eigenvalue weighted by atomic mass is 32.2. The lowest BCUT2D eigenvalue weighted by Crippen LogP contribution is -2.38. The van der Waals surface area contributed by atoms with Gasteiger partial charge in [0.05, 0.1) is 5.69 Å². The Morgan fingerprint density at radius 3 is 2.52 bits per heavy atom. The summed E-state index contributed by atoms with van der Waals surface area (Å²) < 4.78 is 27.6. The Morgan fingerprint density at radius 2 is 1.76 bits per heavy atom. The van der Waals surface area contributed by atoms with Crippen LogP contribution in [0.2, 0.25) is 0 Å². The number of para-hydroxylation sites is 1. The zero-order valence-electron chi connectivity index (χ0n) is 15.8. The molecule has 7 heteroatoms. The fourth-order valence-electron chi connectivity index (χ4n) is 3.27. The van der Waals surface area contributed by atoms with E-state index in [1.807, 2.05) is 24.3 Å². The standard InChI is InChI=1S/C22H21N3O3S/c1-2-15-6-5-7-18(14-15)23-22(26)17-12-10-16(11-13-17)21-24-19-8-3-4-9-20(19)29(27,28)25-21/h3-14,21,24-25H,2H2,1H3,(H,23,26). The number of rotatable bonds is 4. The predicted octanol–water partition coefficient (Wildman–Crippen LogP) is 3.90. The maximum atomic E-state index is 12.5. The molecule has 4 rings (SSSR count). The van der Waals surface area contributed by atoms with E-state index in [0.717, 1.165) is 17.7 Å². The molecule has 148 valence electrons. The van der Waals surface area contributed by atoms with E-state index in [1.165, 1.54) is 0 Å². The number of hydrogen-bond acceptors (Lipinski definition) is 4. The summed E-state index contributed by atoms with van der Waals surface area (Å²) in [6.45, 7) is 2.06. The van der Waals surface area contributed by atoms with Crippen LogP contribution >= 0.6 is 0 Å². The van der Waals surface area contributed by atoms with E-state index in [9.17, 15) is 13.2 Å². The maximum Gasteiger partial charge on any atom is 0.255 e. The zero-order chi connectivity index (χ0) is 20.4. The van der Waals surface area contributed by atoms with E-state index in [-0.39, 0.29) is 10.8 Å². The van der Waals surface area contributed by atoms with Gasteiger partial charge >= 0.3 is 0 Å². The highest BCUT2D eigenvalue weighted by molar-refractivity contribution is 7.89. The lowest BCUT2D eigenvalue weighted by molar-refractivity contribution is 0.102. The van der Waals surface area contributed by atoms with Gasteiger partial charge in [-0.1, -0.05) is 43.3 Å². The average molecular weight is 407 g/mol. The molecule has 6 nitrogen and oxygen atoms in total. The Balaban J connectivity index is 1.51. The number of sulfonamides is 1. The number of carbonyl (C=O) groups is 1. The molecule has 3 aromatic carbocycles. The molecule has 1 amide bonds. The molecule has 1 unspecified atom stereocenters. The van der Waals surface area contributed by atoms with Crippen molar-refractivity contribution in [3.8, 4) is 0 Å². The fraction of sp³-hybridized carbons (Fsp3) is 0.136. The summed E-state index contributed by atoms with van der Waals surface area (Å²) in [5, 5.41) is 6.07. The van der Waals surface area contributed by atoms with Gasteiger partial charge in [-0.25, -0.2) is 8.42 Å².